The van der Waals surface area contributed by atoms with E-state index in [0.29, 0.717) is 18.2 Å². The number of nitrogen functional groups attached to an aromatic ring is 1. The Morgan fingerprint density at radius 1 is 1.37 bits per heavy atom. The molecular weight excluding hydrogens is 262 g/mol. The monoisotopic (exact) mass is 275 g/mol. The topological polar surface area (TPSA) is 84.1 Å². The average molecular weight is 275 g/mol. The van der Waals surface area contributed by atoms with E-state index < -0.39 is 0 Å². The lowest BCUT2D eigenvalue weighted by molar-refractivity contribution is 0.0726. The van der Waals surface area contributed by atoms with Crippen molar-refractivity contribution in [2.24, 2.45) is 5.84 Å². The fourth-order valence-corrected chi connectivity index (χ4v) is 2.83. The summed E-state index contributed by atoms with van der Waals surface area (Å²) in [4.78, 5) is 14.1. The van der Waals surface area contributed by atoms with Crippen LogP contribution in [0.1, 0.15) is 20.9 Å². The van der Waals surface area contributed by atoms with E-state index in [0.717, 1.165) is 22.6 Å². The lowest BCUT2D eigenvalue weighted by Gasteiger charge is -2.27. The Morgan fingerprint density at radius 2 is 2.21 bits per heavy atom. The predicted octanol–water partition coefficient (Wildman–Crippen LogP) is 1.02. The fraction of sp³-hybridized carbons (Fsp3) is 0.250. The largest absolute Gasteiger partial charge is 0.331 e. The maximum Gasteiger partial charge on any atom is 0.254 e. The Kier molecular flexibility index (Phi) is 3.14. The Bertz CT molecular complexity index is 612. The molecule has 1 aliphatic rings. The zero-order chi connectivity index (χ0) is 13.2. The second-order valence-electron chi connectivity index (χ2n) is 4.28. The summed E-state index contributed by atoms with van der Waals surface area (Å²) in [6, 6.07) is 7.73. The van der Waals surface area contributed by atoms with Crippen molar-refractivity contribution < 1.29 is 4.79 Å². The molecule has 0 saturated carbocycles. The average Bonchev–Trinajstić information content (AvgIpc) is 2.90. The van der Waals surface area contributed by atoms with Gasteiger partial charge in [-0.15, -0.1) is 10.2 Å². The summed E-state index contributed by atoms with van der Waals surface area (Å²) in [5, 5.41) is 9.20. The zero-order valence-corrected chi connectivity index (χ0v) is 11.0. The van der Waals surface area contributed by atoms with Crippen molar-refractivity contribution in [2.75, 3.05) is 12.0 Å². The number of fused-ring (bicyclic) bond motifs is 1. The third-order valence-electron chi connectivity index (χ3n) is 3.10. The summed E-state index contributed by atoms with van der Waals surface area (Å²) < 4.78 is 0. The van der Waals surface area contributed by atoms with Gasteiger partial charge in [-0.3, -0.25) is 10.2 Å². The maximum absolute atomic E-state index is 12.3. The van der Waals surface area contributed by atoms with Crippen LogP contribution in [0.5, 0.6) is 0 Å². The molecule has 1 aromatic carbocycles. The number of aromatic nitrogens is 2. The number of hydrazine groups is 1. The van der Waals surface area contributed by atoms with E-state index >= 15 is 0 Å². The molecule has 0 aliphatic carbocycles. The summed E-state index contributed by atoms with van der Waals surface area (Å²) in [6.07, 6.45) is 0.878. The van der Waals surface area contributed by atoms with Crippen LogP contribution >= 0.6 is 11.3 Å². The smallest absolute Gasteiger partial charge is 0.254 e. The molecule has 1 aromatic heterocycles. The van der Waals surface area contributed by atoms with Gasteiger partial charge in [-0.25, -0.2) is 5.84 Å². The minimum atomic E-state index is 0.0549. The van der Waals surface area contributed by atoms with Gasteiger partial charge in [-0.1, -0.05) is 29.5 Å². The first-order valence-corrected chi connectivity index (χ1v) is 6.76. The van der Waals surface area contributed by atoms with Crippen molar-refractivity contribution in [3.63, 3.8) is 0 Å². The van der Waals surface area contributed by atoms with E-state index in [1.807, 2.05) is 24.3 Å². The number of hydrogen-bond acceptors (Lipinski definition) is 6. The second-order valence-corrected chi connectivity index (χ2v) is 5.34. The molecule has 3 N–H and O–H groups in total. The normalized spacial score (nSPS) is 14.4. The third kappa shape index (κ3) is 2.29. The molecule has 19 heavy (non-hydrogen) atoms. The van der Waals surface area contributed by atoms with Gasteiger partial charge in [0.2, 0.25) is 5.13 Å². The molecule has 0 saturated heterocycles. The number of nitrogens with two attached hydrogens (primary N) is 1. The Hall–Kier alpha value is -1.99. The maximum atomic E-state index is 12.3. The van der Waals surface area contributed by atoms with Crippen LogP contribution in [0.15, 0.2) is 24.3 Å². The summed E-state index contributed by atoms with van der Waals surface area (Å²) in [7, 11) is 0. The number of benzene rings is 1. The number of carbonyl (C=O) groups is 1. The first-order chi connectivity index (χ1) is 9.28. The molecule has 1 aliphatic heterocycles. The summed E-state index contributed by atoms with van der Waals surface area (Å²) in [5.74, 6) is 5.32. The van der Waals surface area contributed by atoms with Crippen LogP contribution in [0, 0.1) is 0 Å². The van der Waals surface area contributed by atoms with Gasteiger partial charge in [-0.05, 0) is 18.1 Å². The number of anilines is 1. The highest BCUT2D eigenvalue weighted by Crippen LogP contribution is 2.22. The van der Waals surface area contributed by atoms with Gasteiger partial charge in [0.1, 0.15) is 5.01 Å². The predicted molar refractivity (Wildman–Crippen MR) is 72.6 cm³/mol. The fourth-order valence-electron chi connectivity index (χ4n) is 2.16. The number of nitrogens with one attached hydrogen (secondary N) is 1. The molecule has 3 rings (SSSR count). The molecule has 1 amide bonds. The van der Waals surface area contributed by atoms with E-state index in [1.165, 1.54) is 11.3 Å². The standard InChI is InChI=1S/C12H13N5OS/c13-14-12-16-15-10(19-12)7-17-6-5-8-3-1-2-4-9(8)11(17)18/h1-4H,5-7,13H2,(H,14,16). The molecular formula is C12H13N5OS. The van der Waals surface area contributed by atoms with E-state index in [9.17, 15) is 4.79 Å². The number of carbonyl (C=O) groups excluding carboxylic acids is 1. The van der Waals surface area contributed by atoms with Crippen molar-refractivity contribution in [1.29, 1.82) is 0 Å². The SMILES string of the molecule is NNc1nnc(CN2CCc3ccccc3C2=O)s1. The number of amides is 1. The minimum absolute atomic E-state index is 0.0549. The highest BCUT2D eigenvalue weighted by Gasteiger charge is 2.24. The first kappa shape index (κ1) is 12.1. The van der Waals surface area contributed by atoms with Crippen LogP contribution in [0.25, 0.3) is 0 Å². The summed E-state index contributed by atoms with van der Waals surface area (Å²) in [6.45, 7) is 1.19. The minimum Gasteiger partial charge on any atom is -0.331 e. The molecule has 0 spiro atoms. The van der Waals surface area contributed by atoms with Crippen molar-refractivity contribution in [2.45, 2.75) is 13.0 Å². The lowest BCUT2D eigenvalue weighted by Crippen LogP contribution is -2.36. The van der Waals surface area contributed by atoms with Crippen molar-refractivity contribution in [3.8, 4) is 0 Å². The van der Waals surface area contributed by atoms with E-state index in [1.54, 1.807) is 4.90 Å². The molecule has 2 heterocycles. The van der Waals surface area contributed by atoms with Crippen molar-refractivity contribution in [3.05, 3.63) is 40.4 Å². The van der Waals surface area contributed by atoms with Gasteiger partial charge in [-0.2, -0.15) is 0 Å². The zero-order valence-electron chi connectivity index (χ0n) is 10.2. The molecule has 0 radical (unpaired) electrons. The van der Waals surface area contributed by atoms with Crippen molar-refractivity contribution >= 4 is 22.4 Å². The molecule has 7 heteroatoms. The molecule has 6 nitrogen and oxygen atoms in total. The summed E-state index contributed by atoms with van der Waals surface area (Å²) >= 11 is 1.36. The number of rotatable bonds is 3. The Labute approximate surface area is 114 Å². The molecule has 0 atom stereocenters. The summed E-state index contributed by atoms with van der Waals surface area (Å²) in [5.41, 5.74) is 4.36. The number of hydrogen-bond donors (Lipinski definition) is 2. The quantitative estimate of drug-likeness (QED) is 0.645. The van der Waals surface area contributed by atoms with Gasteiger partial charge in [0.25, 0.3) is 5.91 Å². The van der Waals surface area contributed by atoms with Gasteiger partial charge in [0.15, 0.2) is 0 Å². The second kappa shape index (κ2) is 4.94. The van der Waals surface area contributed by atoms with Gasteiger partial charge in [0.05, 0.1) is 6.54 Å². The van der Waals surface area contributed by atoms with Gasteiger partial charge in [0, 0.05) is 12.1 Å². The van der Waals surface area contributed by atoms with Crippen LogP contribution in [0.4, 0.5) is 5.13 Å². The van der Waals surface area contributed by atoms with Crippen LogP contribution in [0.2, 0.25) is 0 Å². The van der Waals surface area contributed by atoms with Crippen LogP contribution in [-0.4, -0.2) is 27.5 Å². The molecule has 0 unspecified atom stereocenters. The Balaban J connectivity index is 1.79. The number of nitrogens with zero attached hydrogens (tertiary/aromatic N) is 3. The van der Waals surface area contributed by atoms with Crippen LogP contribution in [-0.2, 0) is 13.0 Å². The third-order valence-corrected chi connectivity index (χ3v) is 3.94. The molecule has 0 bridgehead atoms. The van der Waals surface area contributed by atoms with Crippen molar-refractivity contribution in [1.82, 2.24) is 15.1 Å². The lowest BCUT2D eigenvalue weighted by atomic mass is 9.99. The van der Waals surface area contributed by atoms with Gasteiger partial charge >= 0.3 is 0 Å². The molecule has 98 valence electrons. The molecule has 0 fully saturated rings. The highest BCUT2D eigenvalue weighted by atomic mass is 32.1. The molecule has 2 aromatic rings. The Morgan fingerprint density at radius 3 is 3.00 bits per heavy atom. The first-order valence-electron chi connectivity index (χ1n) is 5.94. The van der Waals surface area contributed by atoms with Crippen LogP contribution < -0.4 is 11.3 Å². The van der Waals surface area contributed by atoms with E-state index in [2.05, 4.69) is 15.6 Å². The van der Waals surface area contributed by atoms with E-state index in [-0.39, 0.29) is 5.91 Å². The highest BCUT2D eigenvalue weighted by molar-refractivity contribution is 7.15. The van der Waals surface area contributed by atoms with Gasteiger partial charge < -0.3 is 4.90 Å². The van der Waals surface area contributed by atoms with Crippen LogP contribution in [0.3, 0.4) is 0 Å². The van der Waals surface area contributed by atoms with E-state index in [4.69, 9.17) is 5.84 Å².